The Bertz CT molecular complexity index is 977. The van der Waals surface area contributed by atoms with E-state index in [0.717, 1.165) is 22.7 Å². The molecule has 1 amide bonds. The first-order chi connectivity index (χ1) is 13.6. The SMILES string of the molecule is CCn1nc(C)cc1C(=O)N1CCc2oc(C(OC)c3ccccc3)nc2C1. The lowest BCUT2D eigenvalue weighted by Crippen LogP contribution is -2.37. The highest BCUT2D eigenvalue weighted by molar-refractivity contribution is 5.92. The van der Waals surface area contributed by atoms with Crippen LogP contribution in [0.4, 0.5) is 0 Å². The second-order valence-corrected chi connectivity index (χ2v) is 6.91. The molecule has 0 fully saturated rings. The maximum absolute atomic E-state index is 13.0. The fourth-order valence-electron chi connectivity index (χ4n) is 3.63. The molecule has 146 valence electrons. The highest BCUT2D eigenvalue weighted by atomic mass is 16.5. The van der Waals surface area contributed by atoms with Crippen LogP contribution in [0.15, 0.2) is 40.8 Å². The van der Waals surface area contributed by atoms with Gasteiger partial charge in [-0.3, -0.25) is 9.48 Å². The van der Waals surface area contributed by atoms with Crippen molar-refractivity contribution in [1.29, 1.82) is 0 Å². The van der Waals surface area contributed by atoms with Crippen LogP contribution in [0.5, 0.6) is 0 Å². The molecule has 1 aliphatic rings. The molecule has 2 aromatic heterocycles. The Morgan fingerprint density at radius 1 is 1.32 bits per heavy atom. The number of ether oxygens (including phenoxy) is 1. The third-order valence-electron chi connectivity index (χ3n) is 5.01. The fourth-order valence-corrected chi connectivity index (χ4v) is 3.63. The molecule has 1 atom stereocenters. The van der Waals surface area contributed by atoms with Crippen molar-refractivity contribution in [3.8, 4) is 0 Å². The molecular weight excluding hydrogens is 356 g/mol. The van der Waals surface area contributed by atoms with Gasteiger partial charge in [0.05, 0.1) is 12.2 Å². The number of methoxy groups -OCH3 is 1. The number of oxazole rings is 1. The lowest BCUT2D eigenvalue weighted by atomic mass is 10.1. The molecule has 7 heteroatoms. The maximum atomic E-state index is 13.0. The van der Waals surface area contributed by atoms with Gasteiger partial charge in [-0.2, -0.15) is 5.10 Å². The van der Waals surface area contributed by atoms with Crippen LogP contribution in [-0.4, -0.2) is 39.2 Å². The number of aromatic nitrogens is 3. The highest BCUT2D eigenvalue weighted by Gasteiger charge is 2.30. The third-order valence-corrected chi connectivity index (χ3v) is 5.01. The minimum Gasteiger partial charge on any atom is -0.442 e. The zero-order valence-electron chi connectivity index (χ0n) is 16.4. The van der Waals surface area contributed by atoms with E-state index in [4.69, 9.17) is 9.15 Å². The van der Waals surface area contributed by atoms with Crippen LogP contribution in [0.25, 0.3) is 0 Å². The van der Waals surface area contributed by atoms with Crippen molar-refractivity contribution in [2.45, 2.75) is 39.5 Å². The van der Waals surface area contributed by atoms with E-state index in [-0.39, 0.29) is 12.0 Å². The number of hydrogen-bond acceptors (Lipinski definition) is 5. The molecule has 1 aliphatic heterocycles. The van der Waals surface area contributed by atoms with Crippen molar-refractivity contribution in [3.63, 3.8) is 0 Å². The Kier molecular flexibility index (Phi) is 5.00. The van der Waals surface area contributed by atoms with Gasteiger partial charge >= 0.3 is 0 Å². The first kappa shape index (κ1) is 18.4. The van der Waals surface area contributed by atoms with E-state index in [1.807, 2.05) is 55.1 Å². The van der Waals surface area contributed by atoms with Crippen LogP contribution < -0.4 is 0 Å². The molecule has 0 aliphatic carbocycles. The Labute approximate surface area is 163 Å². The van der Waals surface area contributed by atoms with E-state index in [0.29, 0.717) is 37.6 Å². The van der Waals surface area contributed by atoms with Gasteiger partial charge in [-0.15, -0.1) is 0 Å². The fraction of sp³-hybridized carbons (Fsp3) is 0.381. The minimum atomic E-state index is -0.361. The third kappa shape index (κ3) is 3.33. The summed E-state index contributed by atoms with van der Waals surface area (Å²) in [4.78, 5) is 19.5. The molecule has 7 nitrogen and oxygen atoms in total. The molecule has 4 rings (SSSR count). The van der Waals surface area contributed by atoms with Crippen molar-refractivity contribution < 1.29 is 13.9 Å². The molecule has 1 unspecified atom stereocenters. The number of rotatable bonds is 5. The molecule has 0 N–H and O–H groups in total. The first-order valence-electron chi connectivity index (χ1n) is 9.50. The Hall–Kier alpha value is -2.93. The number of aryl methyl sites for hydroxylation is 2. The number of nitrogens with zero attached hydrogens (tertiary/aromatic N) is 4. The monoisotopic (exact) mass is 380 g/mol. The van der Waals surface area contributed by atoms with Gasteiger partial charge in [0, 0.05) is 26.6 Å². The van der Waals surface area contributed by atoms with Crippen LogP contribution in [0.3, 0.4) is 0 Å². The number of benzene rings is 1. The number of fused-ring (bicyclic) bond motifs is 1. The highest BCUT2D eigenvalue weighted by Crippen LogP contribution is 2.29. The maximum Gasteiger partial charge on any atom is 0.272 e. The average molecular weight is 380 g/mol. The van der Waals surface area contributed by atoms with Crippen LogP contribution in [-0.2, 0) is 24.2 Å². The molecular formula is C21H24N4O3. The smallest absolute Gasteiger partial charge is 0.272 e. The van der Waals surface area contributed by atoms with E-state index < -0.39 is 0 Å². The van der Waals surface area contributed by atoms with Crippen LogP contribution in [0, 0.1) is 6.92 Å². The van der Waals surface area contributed by atoms with Gasteiger partial charge in [-0.05, 0) is 25.5 Å². The Morgan fingerprint density at radius 3 is 2.82 bits per heavy atom. The summed E-state index contributed by atoms with van der Waals surface area (Å²) in [5, 5.41) is 4.38. The predicted octanol–water partition coefficient (Wildman–Crippen LogP) is 3.13. The number of hydrogen-bond donors (Lipinski definition) is 0. The standard InChI is InChI=1S/C21H24N4O3/c1-4-25-17(12-14(2)23-25)21(26)24-11-10-18-16(13-24)22-20(28-18)19(27-3)15-8-6-5-7-9-15/h5-9,12,19H,4,10-11,13H2,1-3H3. The Balaban J connectivity index is 1.57. The van der Waals surface area contributed by atoms with Gasteiger partial charge in [-0.25, -0.2) is 4.98 Å². The molecule has 0 saturated heterocycles. The van der Waals surface area contributed by atoms with Gasteiger partial charge in [0.25, 0.3) is 5.91 Å². The zero-order chi connectivity index (χ0) is 19.7. The van der Waals surface area contributed by atoms with E-state index >= 15 is 0 Å². The summed E-state index contributed by atoms with van der Waals surface area (Å²) >= 11 is 0. The largest absolute Gasteiger partial charge is 0.442 e. The van der Waals surface area contributed by atoms with Gasteiger partial charge in [0.15, 0.2) is 6.10 Å². The van der Waals surface area contributed by atoms with Crippen LogP contribution in [0.2, 0.25) is 0 Å². The van der Waals surface area contributed by atoms with Crippen molar-refractivity contribution in [2.75, 3.05) is 13.7 Å². The normalized spacial score (nSPS) is 14.8. The summed E-state index contributed by atoms with van der Waals surface area (Å²) in [7, 11) is 1.64. The van der Waals surface area contributed by atoms with Gasteiger partial charge in [0.1, 0.15) is 17.1 Å². The van der Waals surface area contributed by atoms with Gasteiger partial charge < -0.3 is 14.1 Å². The number of amides is 1. The molecule has 3 heterocycles. The van der Waals surface area contributed by atoms with Gasteiger partial charge in [-0.1, -0.05) is 30.3 Å². The quantitative estimate of drug-likeness (QED) is 0.680. The predicted molar refractivity (Wildman–Crippen MR) is 103 cm³/mol. The van der Waals surface area contributed by atoms with Crippen molar-refractivity contribution in [3.05, 3.63) is 70.7 Å². The van der Waals surface area contributed by atoms with Crippen molar-refractivity contribution in [1.82, 2.24) is 19.7 Å². The van der Waals surface area contributed by atoms with E-state index in [1.165, 1.54) is 0 Å². The second-order valence-electron chi connectivity index (χ2n) is 6.91. The molecule has 3 aromatic rings. The summed E-state index contributed by atoms with van der Waals surface area (Å²) < 4.78 is 13.4. The first-order valence-corrected chi connectivity index (χ1v) is 9.50. The van der Waals surface area contributed by atoms with Crippen LogP contribution in [0.1, 0.15) is 52.1 Å². The summed E-state index contributed by atoms with van der Waals surface area (Å²) in [5.74, 6) is 1.34. The molecule has 0 radical (unpaired) electrons. The van der Waals surface area contributed by atoms with E-state index in [9.17, 15) is 4.79 Å². The lowest BCUT2D eigenvalue weighted by Gasteiger charge is -2.25. The van der Waals surface area contributed by atoms with Gasteiger partial charge in [0.2, 0.25) is 5.89 Å². The summed E-state index contributed by atoms with van der Waals surface area (Å²) in [6.45, 7) is 5.56. The molecule has 0 saturated carbocycles. The summed E-state index contributed by atoms with van der Waals surface area (Å²) in [5.41, 5.74) is 3.24. The summed E-state index contributed by atoms with van der Waals surface area (Å²) in [6.07, 6.45) is 0.276. The molecule has 0 spiro atoms. The number of carbonyl (C=O) groups excluding carboxylic acids is 1. The second kappa shape index (κ2) is 7.59. The molecule has 1 aromatic carbocycles. The molecule has 0 bridgehead atoms. The van der Waals surface area contributed by atoms with Crippen molar-refractivity contribution >= 4 is 5.91 Å². The molecule has 28 heavy (non-hydrogen) atoms. The van der Waals surface area contributed by atoms with Crippen LogP contribution >= 0.6 is 0 Å². The summed E-state index contributed by atoms with van der Waals surface area (Å²) in [6, 6.07) is 11.7. The lowest BCUT2D eigenvalue weighted by molar-refractivity contribution is 0.0714. The van der Waals surface area contributed by atoms with E-state index in [2.05, 4.69) is 10.1 Å². The average Bonchev–Trinajstić information content (AvgIpc) is 3.31. The van der Waals surface area contributed by atoms with Crippen molar-refractivity contribution in [2.24, 2.45) is 0 Å². The minimum absolute atomic E-state index is 0.0241. The van der Waals surface area contributed by atoms with E-state index in [1.54, 1.807) is 11.8 Å². The number of carbonyl (C=O) groups is 1. The zero-order valence-corrected chi connectivity index (χ0v) is 16.4. The Morgan fingerprint density at radius 2 is 2.11 bits per heavy atom. The topological polar surface area (TPSA) is 73.4 Å².